The van der Waals surface area contributed by atoms with Gasteiger partial charge in [-0.25, -0.2) is 0 Å². The molecule has 0 amide bonds. The molecule has 0 rings (SSSR count). The molecular formula is C36H68O8S2Sn. The van der Waals surface area contributed by atoms with E-state index in [9.17, 15) is 19.2 Å². The number of rotatable bonds is 32. The van der Waals surface area contributed by atoms with Crippen molar-refractivity contribution in [2.45, 2.75) is 164 Å². The molecule has 0 fully saturated rings. The number of carbonyl (C=O) groups is 4. The number of carbonyl (C=O) groups excluding carboxylic acids is 4. The first-order valence-corrected chi connectivity index (χ1v) is 26.2. The van der Waals surface area contributed by atoms with Crippen LogP contribution in [0.15, 0.2) is 0 Å². The van der Waals surface area contributed by atoms with E-state index in [0.29, 0.717) is 37.2 Å². The Morgan fingerprint density at radius 3 is 1.13 bits per heavy atom. The van der Waals surface area contributed by atoms with Gasteiger partial charge >= 0.3 is 291 Å². The van der Waals surface area contributed by atoms with Crippen molar-refractivity contribution >= 4 is 68.3 Å². The summed E-state index contributed by atoms with van der Waals surface area (Å²) in [4.78, 5) is 52.2. The molecule has 0 saturated carbocycles. The van der Waals surface area contributed by atoms with E-state index in [0.717, 1.165) is 38.5 Å². The van der Waals surface area contributed by atoms with Crippen molar-refractivity contribution in [3.8, 4) is 0 Å². The van der Waals surface area contributed by atoms with E-state index in [1.165, 1.54) is 78.4 Å². The molecule has 0 aromatic rings. The summed E-state index contributed by atoms with van der Waals surface area (Å²) in [5, 5.41) is 0. The number of unbranched alkanes of at least 4 members (excludes halogenated alkanes) is 14. The number of hydrogen-bond acceptors (Lipinski definition) is 10. The Kier molecular flexibility index (Phi) is 31.0. The molecule has 2 atom stereocenters. The van der Waals surface area contributed by atoms with Crippen molar-refractivity contribution in [1.82, 2.24) is 0 Å². The first kappa shape index (κ1) is 46.4. The minimum atomic E-state index is -4.76. The van der Waals surface area contributed by atoms with Gasteiger partial charge in [-0.1, -0.05) is 13.8 Å². The van der Waals surface area contributed by atoms with Crippen LogP contribution in [0.2, 0.25) is 8.87 Å². The third-order valence-corrected chi connectivity index (χ3v) is 18.4. The fourth-order valence-corrected chi connectivity index (χ4v) is 14.8. The zero-order valence-corrected chi connectivity index (χ0v) is 34.8. The average molecular weight is 812 g/mol. The van der Waals surface area contributed by atoms with Gasteiger partial charge in [0.25, 0.3) is 0 Å². The van der Waals surface area contributed by atoms with Gasteiger partial charge in [-0.2, -0.15) is 0 Å². The molecule has 0 saturated heterocycles. The van der Waals surface area contributed by atoms with Crippen LogP contribution in [0.5, 0.6) is 0 Å². The monoisotopic (exact) mass is 812 g/mol. The van der Waals surface area contributed by atoms with Crippen LogP contribution >= 0.6 is 25.3 Å². The van der Waals surface area contributed by atoms with Gasteiger partial charge in [0.1, 0.15) is 0 Å². The van der Waals surface area contributed by atoms with E-state index in [1.54, 1.807) is 0 Å². The molecule has 0 aliphatic heterocycles. The molecule has 0 bridgehead atoms. The first-order chi connectivity index (χ1) is 22.7. The van der Waals surface area contributed by atoms with E-state index in [2.05, 4.69) is 39.1 Å². The zero-order valence-electron chi connectivity index (χ0n) is 30.2. The number of ether oxygens (including phenoxy) is 2. The predicted octanol–water partition coefficient (Wildman–Crippen LogP) is 9.58. The van der Waals surface area contributed by atoms with Crippen LogP contribution in [-0.4, -0.2) is 68.8 Å². The van der Waals surface area contributed by atoms with Gasteiger partial charge in [0.2, 0.25) is 0 Å². The summed E-state index contributed by atoms with van der Waals surface area (Å²) in [5.41, 5.74) is 0. The third kappa shape index (κ3) is 24.2. The number of hydrogen-bond donors (Lipinski definition) is 2. The molecule has 0 heterocycles. The maximum absolute atomic E-state index is 13.8. The molecule has 0 N–H and O–H groups in total. The summed E-state index contributed by atoms with van der Waals surface area (Å²) in [6.07, 6.45) is 20.9. The second kappa shape index (κ2) is 31.4. The van der Waals surface area contributed by atoms with Crippen molar-refractivity contribution in [3.63, 3.8) is 0 Å². The quantitative estimate of drug-likeness (QED) is 0.0300. The van der Waals surface area contributed by atoms with Gasteiger partial charge in [-0.3, -0.25) is 0 Å². The van der Waals surface area contributed by atoms with Gasteiger partial charge in [-0.05, 0) is 0 Å². The Labute approximate surface area is 303 Å². The molecule has 2 unspecified atom stereocenters. The van der Waals surface area contributed by atoms with Crippen LogP contribution in [0.1, 0.15) is 155 Å². The van der Waals surface area contributed by atoms with Gasteiger partial charge < -0.3 is 0 Å². The Balaban J connectivity index is 5.77. The molecule has 0 spiro atoms. The summed E-state index contributed by atoms with van der Waals surface area (Å²) >= 11 is 4.05. The van der Waals surface area contributed by atoms with Crippen LogP contribution in [0.25, 0.3) is 0 Å². The first-order valence-electron chi connectivity index (χ1n) is 18.5. The van der Waals surface area contributed by atoms with E-state index < -0.39 is 43.1 Å². The molecule has 0 aliphatic rings. The second-order valence-electron chi connectivity index (χ2n) is 12.9. The smallest absolute Gasteiger partial charge is 0.0654 e. The van der Waals surface area contributed by atoms with Gasteiger partial charge in [-0.15, -0.1) is 0 Å². The Bertz CT molecular complexity index is 763. The molecule has 0 aromatic heterocycles. The maximum atomic E-state index is 13.8. The normalized spacial score (nSPS) is 12.7. The molecule has 0 aromatic carbocycles. The summed E-state index contributed by atoms with van der Waals surface area (Å²) < 4.78 is 22.6. The van der Waals surface area contributed by atoms with Crippen molar-refractivity contribution in [2.75, 3.05) is 25.7 Å². The van der Waals surface area contributed by atoms with E-state index >= 15 is 0 Å². The van der Waals surface area contributed by atoms with Gasteiger partial charge in [0, 0.05) is 0 Å². The van der Waals surface area contributed by atoms with E-state index in [-0.39, 0.29) is 33.6 Å². The summed E-state index contributed by atoms with van der Waals surface area (Å²) in [6, 6.07) is 0. The Morgan fingerprint density at radius 2 is 0.830 bits per heavy atom. The molecule has 276 valence electrons. The summed E-state index contributed by atoms with van der Waals surface area (Å²) in [5.74, 6) is -1.50. The van der Waals surface area contributed by atoms with Crippen LogP contribution in [0.3, 0.4) is 0 Å². The van der Waals surface area contributed by atoms with E-state index in [4.69, 9.17) is 15.6 Å². The van der Waals surface area contributed by atoms with Gasteiger partial charge in [0.05, 0.1) is 0 Å². The number of methoxy groups -OCH3 is 2. The Morgan fingerprint density at radius 1 is 0.511 bits per heavy atom. The number of thiol groups is 2. The minimum absolute atomic E-state index is 0.0567. The molecular weight excluding hydrogens is 743 g/mol. The van der Waals surface area contributed by atoms with Crippen molar-refractivity contribution < 1.29 is 34.8 Å². The number of esters is 2. The fourth-order valence-electron chi connectivity index (χ4n) is 5.79. The molecule has 0 aliphatic carbocycles. The molecule has 47 heavy (non-hydrogen) atoms. The van der Waals surface area contributed by atoms with E-state index in [1.807, 2.05) is 0 Å². The molecule has 0 radical (unpaired) electrons. The summed E-state index contributed by atoms with van der Waals surface area (Å²) in [7, 11) is 2.59. The van der Waals surface area contributed by atoms with Crippen molar-refractivity contribution in [1.29, 1.82) is 0 Å². The predicted molar refractivity (Wildman–Crippen MR) is 199 cm³/mol. The van der Waals surface area contributed by atoms with Gasteiger partial charge in [0.15, 0.2) is 0 Å². The minimum Gasteiger partial charge on any atom is -0.0654 e. The molecule has 11 heteroatoms. The Hall–Kier alpha value is -0.621. The van der Waals surface area contributed by atoms with Crippen LogP contribution < -0.4 is 0 Å². The third-order valence-electron chi connectivity index (χ3n) is 8.88. The SMILES string of the molecule is CCCCCCCCCCC(CCS)C(=O)[O][Sn]([CH2]CC(=O)OC)([CH2]CC(=O)OC)[O]C(=O)C(CCS)CCCCCCCCCC. The second-order valence-corrected chi connectivity index (χ2v) is 23.0. The molecule has 8 nitrogen and oxygen atoms in total. The zero-order chi connectivity index (χ0) is 35.2. The van der Waals surface area contributed by atoms with Crippen molar-refractivity contribution in [2.24, 2.45) is 11.8 Å². The fraction of sp³-hybridized carbons (Fsp3) is 0.889. The average Bonchev–Trinajstić information content (AvgIpc) is 3.07. The van der Waals surface area contributed by atoms with Crippen molar-refractivity contribution in [3.05, 3.63) is 0 Å². The topological polar surface area (TPSA) is 105 Å². The van der Waals surface area contributed by atoms with Crippen LogP contribution in [0.4, 0.5) is 0 Å². The summed E-state index contributed by atoms with van der Waals surface area (Å²) in [6.45, 7) is 4.42. The van der Waals surface area contributed by atoms with Crippen LogP contribution in [-0.2, 0) is 34.8 Å². The standard InChI is InChI=1S/2C14H28O2S.2C4H7O2.Sn/c2*1-2-3-4-5-6-7-8-9-10-13(11-12-17)14(15)16;2*1-3-4(5)6-2;/h2*13,17H,2-12H2,1H3,(H,15,16);2*1,3H2,2H3;/q;;;;+2/p-2. The van der Waals surface area contributed by atoms with Crippen LogP contribution in [0, 0.1) is 11.8 Å².